The van der Waals surface area contributed by atoms with Crippen LogP contribution < -0.4 is 16.0 Å². The number of nitrogens with two attached hydrogens (primary N) is 1. The molecule has 0 bridgehead atoms. The Morgan fingerprint density at radius 3 is 2.50 bits per heavy atom. The van der Waals surface area contributed by atoms with Gasteiger partial charge in [0.15, 0.2) is 0 Å². The molecule has 0 saturated carbocycles. The first-order valence-electron chi connectivity index (χ1n) is 9.33. The molecule has 1 aromatic rings. The first kappa shape index (κ1) is 22.2. The van der Waals surface area contributed by atoms with E-state index in [-0.39, 0.29) is 25.0 Å². The Kier molecular flexibility index (Phi) is 8.28. The first-order valence-corrected chi connectivity index (χ1v) is 9.33. The Bertz CT molecular complexity index is 645. The second kappa shape index (κ2) is 10.4. The van der Waals surface area contributed by atoms with Crippen LogP contribution in [-0.2, 0) is 14.3 Å². The maximum absolute atomic E-state index is 12.9. The van der Waals surface area contributed by atoms with Gasteiger partial charge in [0.2, 0.25) is 5.91 Å². The van der Waals surface area contributed by atoms with Crippen molar-refractivity contribution in [2.75, 3.05) is 49.6 Å². The van der Waals surface area contributed by atoms with E-state index in [0.29, 0.717) is 31.1 Å². The van der Waals surface area contributed by atoms with Crippen LogP contribution in [-0.4, -0.2) is 68.6 Å². The molecule has 0 unspecified atom stereocenters. The molecule has 0 spiro atoms. The van der Waals surface area contributed by atoms with Crippen molar-refractivity contribution in [3.8, 4) is 0 Å². The van der Waals surface area contributed by atoms with E-state index in [1.54, 1.807) is 29.2 Å². The maximum Gasteiger partial charge on any atom is 0.253 e. The van der Waals surface area contributed by atoms with Crippen LogP contribution in [0.5, 0.6) is 0 Å². The average molecular weight is 398 g/mol. The van der Waals surface area contributed by atoms with E-state index in [1.807, 2.05) is 13.8 Å². The van der Waals surface area contributed by atoms with Gasteiger partial charge in [0.1, 0.15) is 12.6 Å². The van der Waals surface area contributed by atoms with E-state index < -0.39 is 24.9 Å². The zero-order chi connectivity index (χ0) is 20.7. The number of amides is 2. The minimum absolute atomic E-state index is 0.0481. The third-order valence-electron chi connectivity index (χ3n) is 4.37. The monoisotopic (exact) mass is 398 g/mol. The highest BCUT2D eigenvalue weighted by Crippen LogP contribution is 2.20. The zero-order valence-corrected chi connectivity index (χ0v) is 16.2. The van der Waals surface area contributed by atoms with E-state index >= 15 is 0 Å². The summed E-state index contributed by atoms with van der Waals surface area (Å²) in [4.78, 5) is 27.6. The van der Waals surface area contributed by atoms with Crippen molar-refractivity contribution >= 4 is 23.2 Å². The number of hydrogen-bond acceptors (Lipinski definition) is 5. The molecule has 1 aromatic carbocycles. The van der Waals surface area contributed by atoms with Crippen molar-refractivity contribution in [3.05, 3.63) is 24.3 Å². The Labute approximate surface area is 163 Å². The number of carbonyl (C=O) groups excluding carboxylic acids is 2. The number of rotatable bonds is 9. The van der Waals surface area contributed by atoms with E-state index in [0.717, 1.165) is 0 Å². The normalized spacial score (nSPS) is 16.1. The van der Waals surface area contributed by atoms with Crippen LogP contribution in [0.15, 0.2) is 24.3 Å². The fraction of sp³-hybridized carbons (Fsp3) is 0.579. The van der Waals surface area contributed by atoms with Crippen molar-refractivity contribution in [1.29, 1.82) is 0 Å². The lowest BCUT2D eigenvalue weighted by molar-refractivity contribution is -0.125. The van der Waals surface area contributed by atoms with Crippen molar-refractivity contribution < 1.29 is 23.1 Å². The van der Waals surface area contributed by atoms with Crippen molar-refractivity contribution in [2.45, 2.75) is 26.3 Å². The minimum atomic E-state index is -2.55. The molecule has 0 aliphatic carbocycles. The topological polar surface area (TPSA) is 87.9 Å². The summed E-state index contributed by atoms with van der Waals surface area (Å²) in [5, 5.41) is 2.73. The molecular weight excluding hydrogens is 370 g/mol. The van der Waals surface area contributed by atoms with Gasteiger partial charge in [-0.25, -0.2) is 8.78 Å². The summed E-state index contributed by atoms with van der Waals surface area (Å²) in [6.07, 6.45) is -2.55. The van der Waals surface area contributed by atoms with E-state index in [2.05, 4.69) is 5.32 Å². The third kappa shape index (κ3) is 6.22. The molecule has 2 amide bonds. The van der Waals surface area contributed by atoms with Gasteiger partial charge in [0.05, 0.1) is 13.2 Å². The Balaban J connectivity index is 2.05. The molecule has 1 atom stereocenters. The van der Waals surface area contributed by atoms with E-state index in [9.17, 15) is 18.4 Å². The fourth-order valence-electron chi connectivity index (χ4n) is 3.14. The van der Waals surface area contributed by atoms with Crippen LogP contribution in [0.2, 0.25) is 0 Å². The summed E-state index contributed by atoms with van der Waals surface area (Å²) in [5.74, 6) is -0.438. The average Bonchev–Trinajstić information content (AvgIpc) is 2.62. The maximum atomic E-state index is 12.9. The first-order chi connectivity index (χ1) is 13.3. The number of nitrogens with zero attached hydrogens (tertiary/aromatic N) is 2. The number of hydrogen-bond donors (Lipinski definition) is 2. The summed E-state index contributed by atoms with van der Waals surface area (Å²) in [5.41, 5.74) is 6.93. The molecule has 1 aliphatic rings. The lowest BCUT2D eigenvalue weighted by Gasteiger charge is -2.31. The van der Waals surface area contributed by atoms with E-state index in [4.69, 9.17) is 10.5 Å². The number of morpholine rings is 1. The molecule has 0 radical (unpaired) electrons. The highest BCUT2D eigenvalue weighted by molar-refractivity contribution is 5.97. The number of anilines is 2. The standard InChI is InChI=1S/C19H28F2N4O3/c1-13(2)10-24(11-17(20)21)16(9-22)19(27)23-14-3-5-15(6-4-14)25-7-8-28-12-18(25)26/h3-6,13,16-17H,7-12,22H2,1-2H3,(H,23,27)/t16-/m0/s1. The molecule has 1 fully saturated rings. The molecule has 156 valence electrons. The SMILES string of the molecule is CC(C)CN(CC(F)F)[C@@H](CN)C(=O)Nc1ccc(N2CCOCC2=O)cc1. The molecule has 9 heteroatoms. The molecule has 2 rings (SSSR count). The molecule has 1 aliphatic heterocycles. The zero-order valence-electron chi connectivity index (χ0n) is 16.2. The highest BCUT2D eigenvalue weighted by Gasteiger charge is 2.28. The van der Waals surface area contributed by atoms with Gasteiger partial charge in [-0.05, 0) is 30.2 Å². The highest BCUT2D eigenvalue weighted by atomic mass is 19.3. The summed E-state index contributed by atoms with van der Waals surface area (Å²) in [6.45, 7) is 4.56. The molecule has 1 heterocycles. The van der Waals surface area contributed by atoms with Gasteiger partial charge in [-0.1, -0.05) is 13.8 Å². The van der Waals surface area contributed by atoms with Gasteiger partial charge >= 0.3 is 0 Å². The van der Waals surface area contributed by atoms with Crippen LogP contribution in [0.4, 0.5) is 20.2 Å². The number of carbonyl (C=O) groups is 2. The summed E-state index contributed by atoms with van der Waals surface area (Å²) < 4.78 is 30.9. The van der Waals surface area contributed by atoms with E-state index in [1.165, 1.54) is 4.90 Å². The summed E-state index contributed by atoms with van der Waals surface area (Å²) in [7, 11) is 0. The third-order valence-corrected chi connectivity index (χ3v) is 4.37. The van der Waals surface area contributed by atoms with Gasteiger partial charge in [0.25, 0.3) is 12.3 Å². The molecule has 1 saturated heterocycles. The van der Waals surface area contributed by atoms with Gasteiger partial charge in [-0.15, -0.1) is 0 Å². The number of nitrogens with one attached hydrogen (secondary N) is 1. The Morgan fingerprint density at radius 1 is 1.29 bits per heavy atom. The second-order valence-corrected chi connectivity index (χ2v) is 7.12. The molecular formula is C19H28F2N4O3. The fourth-order valence-corrected chi connectivity index (χ4v) is 3.14. The van der Waals surface area contributed by atoms with Gasteiger partial charge < -0.3 is 20.7 Å². The lowest BCUT2D eigenvalue weighted by Crippen LogP contribution is -2.51. The number of benzene rings is 1. The summed E-state index contributed by atoms with van der Waals surface area (Å²) in [6, 6.07) is 5.94. The predicted octanol–water partition coefficient (Wildman–Crippen LogP) is 1.54. The smallest absolute Gasteiger partial charge is 0.253 e. The second-order valence-electron chi connectivity index (χ2n) is 7.12. The predicted molar refractivity (Wildman–Crippen MR) is 104 cm³/mol. The quantitative estimate of drug-likeness (QED) is 0.659. The van der Waals surface area contributed by atoms with Gasteiger partial charge in [0, 0.05) is 31.0 Å². The number of alkyl halides is 2. The Morgan fingerprint density at radius 2 is 1.96 bits per heavy atom. The lowest BCUT2D eigenvalue weighted by atomic mass is 10.1. The Hall–Kier alpha value is -2.10. The molecule has 0 aromatic heterocycles. The number of halogens is 2. The van der Waals surface area contributed by atoms with Crippen molar-refractivity contribution in [2.24, 2.45) is 11.7 Å². The van der Waals surface area contributed by atoms with Crippen molar-refractivity contribution in [3.63, 3.8) is 0 Å². The van der Waals surface area contributed by atoms with Crippen LogP contribution in [0.25, 0.3) is 0 Å². The number of ether oxygens (including phenoxy) is 1. The van der Waals surface area contributed by atoms with Crippen LogP contribution in [0, 0.1) is 5.92 Å². The largest absolute Gasteiger partial charge is 0.370 e. The van der Waals surface area contributed by atoms with Crippen molar-refractivity contribution in [1.82, 2.24) is 4.90 Å². The molecule has 3 N–H and O–H groups in total. The minimum Gasteiger partial charge on any atom is -0.370 e. The van der Waals surface area contributed by atoms with Gasteiger partial charge in [-0.3, -0.25) is 14.5 Å². The molecule has 7 nitrogen and oxygen atoms in total. The van der Waals surface area contributed by atoms with Crippen LogP contribution in [0.1, 0.15) is 13.8 Å². The van der Waals surface area contributed by atoms with Crippen LogP contribution >= 0.6 is 0 Å². The molecule has 28 heavy (non-hydrogen) atoms. The summed E-state index contributed by atoms with van der Waals surface area (Å²) >= 11 is 0. The van der Waals surface area contributed by atoms with Gasteiger partial charge in [-0.2, -0.15) is 0 Å². The van der Waals surface area contributed by atoms with Crippen LogP contribution in [0.3, 0.4) is 0 Å².